The molecular formula is C33H35N7O4. The molecule has 44 heavy (non-hydrogen) atoms. The van der Waals surface area contributed by atoms with Crippen molar-refractivity contribution in [1.29, 1.82) is 0 Å². The lowest BCUT2D eigenvalue weighted by Crippen LogP contribution is -2.67. The molecule has 5 aliphatic rings. The van der Waals surface area contributed by atoms with E-state index in [1.54, 1.807) is 43.2 Å². The van der Waals surface area contributed by atoms with Crippen LogP contribution in [0, 0.1) is 11.8 Å². The van der Waals surface area contributed by atoms with Gasteiger partial charge in [0.15, 0.2) is 12.2 Å². The molecule has 226 valence electrons. The van der Waals surface area contributed by atoms with E-state index in [1.165, 1.54) is 4.90 Å². The summed E-state index contributed by atoms with van der Waals surface area (Å²) in [5, 5.41) is 0. The predicted molar refractivity (Wildman–Crippen MR) is 164 cm³/mol. The number of rotatable bonds is 5. The first-order chi connectivity index (χ1) is 21.5. The normalized spacial score (nSPS) is 24.4. The number of ether oxygens (including phenoxy) is 1. The van der Waals surface area contributed by atoms with Crippen molar-refractivity contribution in [2.24, 2.45) is 9.98 Å². The van der Waals surface area contributed by atoms with Crippen LogP contribution in [0.5, 0.6) is 5.75 Å². The molecule has 11 heteroatoms. The number of methoxy groups -OCH3 is 1. The number of carbonyl (C=O) groups excluding carboxylic acids is 3. The molecular weight excluding hydrogens is 558 g/mol. The van der Waals surface area contributed by atoms with Gasteiger partial charge in [0.05, 0.1) is 37.4 Å². The van der Waals surface area contributed by atoms with Crippen LogP contribution < -0.4 is 4.74 Å². The average molecular weight is 594 g/mol. The molecule has 2 aromatic carbocycles. The monoisotopic (exact) mass is 593 g/mol. The number of aliphatic imine (C=N–C) groups is 2. The second-order valence-electron chi connectivity index (χ2n) is 11.6. The standard InChI is InChI=1S/C33H35N7O4/c1-3-4-18-37-27-28(38-19-8-16-34-32(38)39(31(27)43)20-22-12-14-24(44-2)15-13-22)35-33(37)36-17-7-9-23(21-36)40-29(41)25-10-5-6-11-26(25)30(40)42/h5-6,10-15,23,27-28H,7-9,16-21H2,1-2H3/t23-,27?,28?/m1/s1. The minimum atomic E-state index is -0.569. The summed E-state index contributed by atoms with van der Waals surface area (Å²) in [5.74, 6) is 7.71. The largest absolute Gasteiger partial charge is 0.497 e. The molecule has 5 heterocycles. The van der Waals surface area contributed by atoms with Crippen molar-refractivity contribution in [2.75, 3.05) is 39.8 Å². The zero-order valence-electron chi connectivity index (χ0n) is 25.0. The molecule has 3 atom stereocenters. The quantitative estimate of drug-likeness (QED) is 0.387. The molecule has 2 saturated heterocycles. The van der Waals surface area contributed by atoms with Gasteiger partial charge >= 0.3 is 0 Å². The molecule has 2 aromatic rings. The van der Waals surface area contributed by atoms with E-state index in [2.05, 4.69) is 21.6 Å². The van der Waals surface area contributed by atoms with Gasteiger partial charge in [0, 0.05) is 26.2 Å². The van der Waals surface area contributed by atoms with Gasteiger partial charge in [-0.1, -0.05) is 30.2 Å². The third-order valence-electron chi connectivity index (χ3n) is 9.07. The molecule has 0 bridgehead atoms. The number of imide groups is 1. The minimum absolute atomic E-state index is 0.0618. The SMILES string of the molecule is CC#CCN1C(N2CCC[C@@H](N3C(=O)c4ccccc4C3=O)C2)=NC2C1C(=O)N(Cc1ccc(OC)cc1)C1=NCCCN12. The summed E-state index contributed by atoms with van der Waals surface area (Å²) in [6, 6.07) is 13.9. The predicted octanol–water partition coefficient (Wildman–Crippen LogP) is 2.25. The van der Waals surface area contributed by atoms with Crippen molar-refractivity contribution in [2.45, 2.75) is 51.0 Å². The lowest BCUT2D eigenvalue weighted by Gasteiger charge is -2.46. The maximum absolute atomic E-state index is 14.4. The molecule has 2 fully saturated rings. The lowest BCUT2D eigenvalue weighted by atomic mass is 10.0. The van der Waals surface area contributed by atoms with Gasteiger partial charge in [-0.3, -0.25) is 29.2 Å². The Kier molecular flexibility index (Phi) is 7.20. The van der Waals surface area contributed by atoms with Crippen LogP contribution in [-0.4, -0.2) is 112 Å². The van der Waals surface area contributed by atoms with Crippen molar-refractivity contribution in [3.63, 3.8) is 0 Å². The maximum atomic E-state index is 14.4. The van der Waals surface area contributed by atoms with Gasteiger partial charge in [0.2, 0.25) is 11.9 Å². The van der Waals surface area contributed by atoms with E-state index < -0.39 is 12.2 Å². The number of benzene rings is 2. The number of hydrogen-bond acceptors (Lipinski definition) is 9. The number of likely N-dealkylation sites (tertiary alicyclic amines) is 1. The molecule has 11 nitrogen and oxygen atoms in total. The van der Waals surface area contributed by atoms with Gasteiger partial charge in [0.25, 0.3) is 17.7 Å². The summed E-state index contributed by atoms with van der Waals surface area (Å²) in [5.41, 5.74) is 1.89. The summed E-state index contributed by atoms with van der Waals surface area (Å²) in [4.78, 5) is 60.5. The molecule has 7 rings (SSSR count). The number of fused-ring (bicyclic) bond motifs is 4. The van der Waals surface area contributed by atoms with Crippen LogP contribution in [0.1, 0.15) is 52.5 Å². The number of nitrogens with zero attached hydrogens (tertiary/aromatic N) is 7. The second kappa shape index (κ2) is 11.3. The Morgan fingerprint density at radius 2 is 1.70 bits per heavy atom. The summed E-state index contributed by atoms with van der Waals surface area (Å²) in [7, 11) is 1.63. The Labute approximate surface area is 256 Å². The number of amides is 3. The van der Waals surface area contributed by atoms with Crippen LogP contribution in [0.15, 0.2) is 58.5 Å². The van der Waals surface area contributed by atoms with E-state index in [4.69, 9.17) is 14.7 Å². The first-order valence-electron chi connectivity index (χ1n) is 15.2. The molecule has 0 aliphatic carbocycles. The first-order valence-corrected chi connectivity index (χ1v) is 15.2. The highest BCUT2D eigenvalue weighted by Gasteiger charge is 2.54. The molecule has 3 amide bonds. The first kappa shape index (κ1) is 28.0. The van der Waals surface area contributed by atoms with Crippen molar-refractivity contribution in [3.8, 4) is 17.6 Å². The Balaban J connectivity index is 1.19. The lowest BCUT2D eigenvalue weighted by molar-refractivity contribution is -0.136. The number of piperidine rings is 1. The smallest absolute Gasteiger partial charge is 0.261 e. The van der Waals surface area contributed by atoms with Crippen molar-refractivity contribution >= 4 is 29.6 Å². The molecule has 0 N–H and O–H groups in total. The van der Waals surface area contributed by atoms with E-state index in [1.807, 2.05) is 29.2 Å². The van der Waals surface area contributed by atoms with Gasteiger partial charge in [-0.15, -0.1) is 5.92 Å². The third kappa shape index (κ3) is 4.56. The van der Waals surface area contributed by atoms with Crippen LogP contribution in [-0.2, 0) is 11.3 Å². The number of carbonyl (C=O) groups is 3. The second-order valence-corrected chi connectivity index (χ2v) is 11.6. The molecule has 0 radical (unpaired) electrons. The molecule has 0 aromatic heterocycles. The van der Waals surface area contributed by atoms with E-state index in [9.17, 15) is 14.4 Å². The van der Waals surface area contributed by atoms with Gasteiger partial charge in [-0.25, -0.2) is 4.99 Å². The molecule has 0 spiro atoms. The number of guanidine groups is 2. The number of hydrogen-bond donors (Lipinski definition) is 0. The summed E-state index contributed by atoms with van der Waals surface area (Å²) in [6.45, 7) is 5.07. The van der Waals surface area contributed by atoms with Crippen molar-refractivity contribution in [1.82, 2.24) is 24.5 Å². The van der Waals surface area contributed by atoms with Crippen molar-refractivity contribution < 1.29 is 19.1 Å². The fourth-order valence-corrected chi connectivity index (χ4v) is 6.95. The average Bonchev–Trinajstić information content (AvgIpc) is 3.57. The Morgan fingerprint density at radius 1 is 0.955 bits per heavy atom. The van der Waals surface area contributed by atoms with E-state index in [0.29, 0.717) is 62.2 Å². The Bertz CT molecular complexity index is 1590. The topological polar surface area (TPSA) is 101 Å². The minimum Gasteiger partial charge on any atom is -0.497 e. The molecule has 2 unspecified atom stereocenters. The van der Waals surface area contributed by atoms with Crippen molar-refractivity contribution in [3.05, 3.63) is 65.2 Å². The van der Waals surface area contributed by atoms with Gasteiger partial charge in [-0.2, -0.15) is 0 Å². The highest BCUT2D eigenvalue weighted by molar-refractivity contribution is 6.21. The van der Waals surface area contributed by atoms with Gasteiger partial charge in [0.1, 0.15) is 5.75 Å². The van der Waals surface area contributed by atoms with Crippen LogP contribution in [0.2, 0.25) is 0 Å². The van der Waals surface area contributed by atoms with E-state index >= 15 is 0 Å². The Morgan fingerprint density at radius 3 is 2.41 bits per heavy atom. The highest BCUT2D eigenvalue weighted by Crippen LogP contribution is 2.34. The van der Waals surface area contributed by atoms with Crippen LogP contribution in [0.25, 0.3) is 0 Å². The third-order valence-corrected chi connectivity index (χ3v) is 9.07. The van der Waals surface area contributed by atoms with Gasteiger partial charge < -0.3 is 19.4 Å². The molecule has 0 saturated carbocycles. The zero-order chi connectivity index (χ0) is 30.4. The summed E-state index contributed by atoms with van der Waals surface area (Å²) in [6.07, 6.45) is 1.95. The van der Waals surface area contributed by atoms with E-state index in [-0.39, 0.29) is 23.8 Å². The fourth-order valence-electron chi connectivity index (χ4n) is 6.95. The highest BCUT2D eigenvalue weighted by atomic mass is 16.5. The zero-order valence-corrected chi connectivity index (χ0v) is 25.0. The summed E-state index contributed by atoms with van der Waals surface area (Å²) >= 11 is 0. The Hall–Kier alpha value is -4.85. The van der Waals surface area contributed by atoms with Crippen LogP contribution >= 0.6 is 0 Å². The van der Waals surface area contributed by atoms with Crippen LogP contribution in [0.3, 0.4) is 0 Å². The summed E-state index contributed by atoms with van der Waals surface area (Å²) < 4.78 is 5.32. The van der Waals surface area contributed by atoms with E-state index in [0.717, 1.165) is 30.7 Å². The maximum Gasteiger partial charge on any atom is 0.261 e. The fraction of sp³-hybridized carbons (Fsp3) is 0.424. The van der Waals surface area contributed by atoms with Gasteiger partial charge in [-0.05, 0) is 56.0 Å². The molecule has 5 aliphatic heterocycles. The van der Waals surface area contributed by atoms with Crippen LogP contribution in [0.4, 0.5) is 0 Å².